The van der Waals surface area contributed by atoms with Crippen LogP contribution in [0, 0.1) is 0 Å². The number of hydrogen-bond acceptors (Lipinski definition) is 3. The Bertz CT molecular complexity index is 713. The predicted molar refractivity (Wildman–Crippen MR) is 94.8 cm³/mol. The van der Waals surface area contributed by atoms with Crippen molar-refractivity contribution in [1.29, 1.82) is 0 Å². The van der Waals surface area contributed by atoms with E-state index < -0.39 is 11.8 Å². The van der Waals surface area contributed by atoms with Gasteiger partial charge in [-0.2, -0.15) is 0 Å². The first-order valence-electron chi connectivity index (χ1n) is 7.17. The average Bonchev–Trinajstić information content (AvgIpc) is 2.58. The fourth-order valence-corrected chi connectivity index (χ4v) is 2.47. The zero-order valence-corrected chi connectivity index (χ0v) is 14.4. The molecule has 24 heavy (non-hydrogen) atoms. The summed E-state index contributed by atoms with van der Waals surface area (Å²) in [5.41, 5.74) is 1.24. The van der Waals surface area contributed by atoms with Gasteiger partial charge in [-0.3, -0.25) is 9.59 Å². The second-order valence-corrected chi connectivity index (χ2v) is 5.72. The average molecular weight is 367 g/mol. The lowest BCUT2D eigenvalue weighted by Gasteiger charge is -2.09. The highest BCUT2D eigenvalue weighted by Crippen LogP contribution is 2.29. The van der Waals surface area contributed by atoms with Gasteiger partial charge in [-0.05, 0) is 36.2 Å². The van der Waals surface area contributed by atoms with Gasteiger partial charge in [-0.1, -0.05) is 41.4 Å². The van der Waals surface area contributed by atoms with Gasteiger partial charge in [0.25, 0.3) is 0 Å². The molecule has 126 valence electrons. The van der Waals surface area contributed by atoms with Crippen LogP contribution in [0.2, 0.25) is 10.0 Å². The van der Waals surface area contributed by atoms with Crippen LogP contribution in [0.25, 0.3) is 0 Å². The van der Waals surface area contributed by atoms with E-state index in [2.05, 4.69) is 10.6 Å². The number of carbonyl (C=O) groups is 2. The molecule has 2 aromatic rings. The van der Waals surface area contributed by atoms with E-state index >= 15 is 0 Å². The van der Waals surface area contributed by atoms with Crippen molar-refractivity contribution in [3.63, 3.8) is 0 Å². The van der Waals surface area contributed by atoms with Crippen LogP contribution in [0.3, 0.4) is 0 Å². The Balaban J connectivity index is 1.84. The predicted octanol–water partition coefficient (Wildman–Crippen LogP) is 3.30. The molecule has 0 radical (unpaired) electrons. The maximum Gasteiger partial charge on any atom is 0.313 e. The smallest absolute Gasteiger partial charge is 0.313 e. The summed E-state index contributed by atoms with van der Waals surface area (Å²) in [4.78, 5) is 23.7. The Kier molecular flexibility index (Phi) is 6.46. The Morgan fingerprint density at radius 3 is 2.21 bits per heavy atom. The number of ether oxygens (including phenoxy) is 1. The van der Waals surface area contributed by atoms with E-state index in [1.165, 1.54) is 0 Å². The van der Waals surface area contributed by atoms with Gasteiger partial charge in [0, 0.05) is 6.54 Å². The highest BCUT2D eigenvalue weighted by Gasteiger charge is 2.16. The number of anilines is 1. The standard InChI is InChI=1S/C17H16Cl2N2O3/c1-24-12-7-5-11(6-8-12)9-10-20-16(22)17(23)21-15-13(18)3-2-4-14(15)19/h2-8H,9-10H2,1H3,(H,20,22)(H,21,23). The number of methoxy groups -OCH3 is 1. The Morgan fingerprint density at radius 1 is 1.00 bits per heavy atom. The molecular weight excluding hydrogens is 351 g/mol. The quantitative estimate of drug-likeness (QED) is 0.797. The van der Waals surface area contributed by atoms with Crippen LogP contribution in [0.1, 0.15) is 5.56 Å². The van der Waals surface area contributed by atoms with Crippen molar-refractivity contribution in [2.24, 2.45) is 0 Å². The van der Waals surface area contributed by atoms with Gasteiger partial charge >= 0.3 is 11.8 Å². The highest BCUT2D eigenvalue weighted by atomic mass is 35.5. The van der Waals surface area contributed by atoms with Crippen LogP contribution in [-0.2, 0) is 16.0 Å². The van der Waals surface area contributed by atoms with Crippen LogP contribution >= 0.6 is 23.2 Å². The van der Waals surface area contributed by atoms with Crippen molar-refractivity contribution in [2.75, 3.05) is 19.0 Å². The molecule has 0 bridgehead atoms. The molecule has 0 spiro atoms. The van der Waals surface area contributed by atoms with Crippen molar-refractivity contribution >= 4 is 40.7 Å². The Labute approximate surface area is 149 Å². The van der Waals surface area contributed by atoms with E-state index in [1.54, 1.807) is 25.3 Å². The summed E-state index contributed by atoms with van der Waals surface area (Å²) < 4.78 is 5.07. The van der Waals surface area contributed by atoms with E-state index in [-0.39, 0.29) is 15.7 Å². The molecule has 2 aromatic carbocycles. The SMILES string of the molecule is COc1ccc(CCNC(=O)C(=O)Nc2c(Cl)cccc2Cl)cc1. The van der Waals surface area contributed by atoms with Crippen LogP contribution in [0.15, 0.2) is 42.5 Å². The fourth-order valence-electron chi connectivity index (χ4n) is 1.98. The molecule has 0 saturated heterocycles. The minimum absolute atomic E-state index is 0.219. The van der Waals surface area contributed by atoms with Gasteiger partial charge in [0.05, 0.1) is 22.8 Å². The maximum atomic E-state index is 11.9. The van der Waals surface area contributed by atoms with Gasteiger partial charge < -0.3 is 15.4 Å². The molecule has 0 fully saturated rings. The number of hydrogen-bond donors (Lipinski definition) is 2. The van der Waals surface area contributed by atoms with Gasteiger partial charge in [0.2, 0.25) is 0 Å². The van der Waals surface area contributed by atoms with Crippen molar-refractivity contribution in [3.8, 4) is 5.75 Å². The van der Waals surface area contributed by atoms with Gasteiger partial charge in [0.1, 0.15) is 5.75 Å². The van der Waals surface area contributed by atoms with E-state index in [0.29, 0.717) is 13.0 Å². The first-order valence-corrected chi connectivity index (χ1v) is 7.93. The largest absolute Gasteiger partial charge is 0.497 e. The van der Waals surface area contributed by atoms with Crippen LogP contribution in [0.5, 0.6) is 5.75 Å². The summed E-state index contributed by atoms with van der Waals surface area (Å²) >= 11 is 11.9. The van der Waals surface area contributed by atoms with Gasteiger partial charge in [-0.25, -0.2) is 0 Å². The molecule has 0 aliphatic carbocycles. The minimum atomic E-state index is -0.820. The van der Waals surface area contributed by atoms with Crippen LogP contribution in [0.4, 0.5) is 5.69 Å². The Morgan fingerprint density at radius 2 is 1.62 bits per heavy atom. The first-order chi connectivity index (χ1) is 11.5. The van der Waals surface area contributed by atoms with E-state index in [9.17, 15) is 9.59 Å². The third-order valence-electron chi connectivity index (χ3n) is 3.27. The number of nitrogens with one attached hydrogen (secondary N) is 2. The van der Waals surface area contributed by atoms with Crippen LogP contribution in [-0.4, -0.2) is 25.5 Å². The number of para-hydroxylation sites is 1. The Hall–Kier alpha value is -2.24. The molecule has 5 nitrogen and oxygen atoms in total. The zero-order chi connectivity index (χ0) is 17.5. The summed E-state index contributed by atoms with van der Waals surface area (Å²) in [5.74, 6) is -0.807. The zero-order valence-electron chi connectivity index (χ0n) is 12.9. The van der Waals surface area contributed by atoms with E-state index in [4.69, 9.17) is 27.9 Å². The molecule has 0 aliphatic heterocycles. The third-order valence-corrected chi connectivity index (χ3v) is 3.90. The molecule has 0 atom stereocenters. The number of halogens is 2. The first kappa shape index (κ1) is 18.1. The van der Waals surface area contributed by atoms with Gasteiger partial charge in [-0.15, -0.1) is 0 Å². The van der Waals surface area contributed by atoms with E-state index in [0.717, 1.165) is 11.3 Å². The number of benzene rings is 2. The molecule has 2 amide bonds. The minimum Gasteiger partial charge on any atom is -0.497 e. The molecule has 7 heteroatoms. The van der Waals surface area contributed by atoms with Crippen molar-refractivity contribution in [2.45, 2.75) is 6.42 Å². The van der Waals surface area contributed by atoms with Crippen molar-refractivity contribution in [3.05, 3.63) is 58.1 Å². The summed E-state index contributed by atoms with van der Waals surface area (Å²) in [7, 11) is 1.60. The molecule has 0 aliphatic rings. The van der Waals surface area contributed by atoms with Crippen molar-refractivity contribution in [1.82, 2.24) is 5.32 Å². The summed E-state index contributed by atoms with van der Waals surface area (Å²) in [5, 5.41) is 5.49. The molecule has 0 heterocycles. The summed E-state index contributed by atoms with van der Waals surface area (Å²) in [6.45, 7) is 0.328. The molecule has 0 saturated carbocycles. The molecular formula is C17H16Cl2N2O3. The summed E-state index contributed by atoms with van der Waals surface area (Å²) in [6.07, 6.45) is 0.593. The maximum absolute atomic E-state index is 11.9. The molecule has 2 rings (SSSR count). The lowest BCUT2D eigenvalue weighted by Crippen LogP contribution is -2.36. The monoisotopic (exact) mass is 366 g/mol. The molecule has 2 N–H and O–H groups in total. The van der Waals surface area contributed by atoms with E-state index in [1.807, 2.05) is 24.3 Å². The second kappa shape index (κ2) is 8.57. The fraction of sp³-hybridized carbons (Fsp3) is 0.176. The molecule has 0 unspecified atom stereocenters. The topological polar surface area (TPSA) is 67.4 Å². The number of carbonyl (C=O) groups excluding carboxylic acids is 2. The third kappa shape index (κ3) is 4.88. The lowest BCUT2D eigenvalue weighted by molar-refractivity contribution is -0.136. The molecule has 0 aromatic heterocycles. The highest BCUT2D eigenvalue weighted by molar-refractivity contribution is 6.44. The van der Waals surface area contributed by atoms with Crippen LogP contribution < -0.4 is 15.4 Å². The number of rotatable bonds is 5. The van der Waals surface area contributed by atoms with Gasteiger partial charge in [0.15, 0.2) is 0 Å². The number of amides is 2. The summed E-state index contributed by atoms with van der Waals surface area (Å²) in [6, 6.07) is 12.3. The van der Waals surface area contributed by atoms with Crippen molar-refractivity contribution < 1.29 is 14.3 Å². The second-order valence-electron chi connectivity index (χ2n) is 4.90. The normalized spacial score (nSPS) is 10.1. The lowest BCUT2D eigenvalue weighted by atomic mass is 10.1.